The van der Waals surface area contributed by atoms with Gasteiger partial charge in [0.15, 0.2) is 0 Å². The predicted octanol–water partition coefficient (Wildman–Crippen LogP) is 3.77. The molecule has 0 aromatic heterocycles. The van der Waals surface area contributed by atoms with Crippen LogP contribution >= 0.6 is 0 Å². The van der Waals surface area contributed by atoms with Gasteiger partial charge in [-0.2, -0.15) is 13.2 Å². The van der Waals surface area contributed by atoms with Crippen molar-refractivity contribution in [3.8, 4) is 0 Å². The van der Waals surface area contributed by atoms with Gasteiger partial charge in [0.25, 0.3) is 0 Å². The lowest BCUT2D eigenvalue weighted by atomic mass is 9.76. The fourth-order valence-corrected chi connectivity index (χ4v) is 1.77. The number of hydrogen-bond donors (Lipinski definition) is 1. The minimum Gasteiger partial charge on any atom is -0.327 e. The third kappa shape index (κ3) is 3.98. The molecule has 0 spiro atoms. The zero-order valence-corrected chi connectivity index (χ0v) is 10.4. The summed E-state index contributed by atoms with van der Waals surface area (Å²) in [5.74, 6) is -0.376. The highest BCUT2D eigenvalue weighted by Gasteiger charge is 2.33. The smallest absolute Gasteiger partial charge is 0.327 e. The first-order chi connectivity index (χ1) is 8.13. The van der Waals surface area contributed by atoms with Gasteiger partial charge in [0.2, 0.25) is 0 Å². The number of hydrogen-bond acceptors (Lipinski definition) is 1. The first kappa shape index (κ1) is 15.0. The molecular weight excluding hydrogens is 246 g/mol. The minimum atomic E-state index is -4.20. The lowest BCUT2D eigenvalue weighted by Gasteiger charge is -2.32. The number of alkyl halides is 3. The molecule has 18 heavy (non-hydrogen) atoms. The molecule has 1 unspecified atom stereocenters. The number of halogens is 4. The van der Waals surface area contributed by atoms with Gasteiger partial charge in [0, 0.05) is 17.9 Å². The van der Waals surface area contributed by atoms with Gasteiger partial charge < -0.3 is 5.73 Å². The Balaban J connectivity index is 2.76. The third-order valence-corrected chi connectivity index (χ3v) is 3.25. The molecule has 0 aliphatic carbocycles. The molecule has 102 valence electrons. The summed E-state index contributed by atoms with van der Waals surface area (Å²) in [4.78, 5) is 0. The summed E-state index contributed by atoms with van der Waals surface area (Å²) in [6.07, 6.45) is -5.25. The Kier molecular flexibility index (Phi) is 4.37. The summed E-state index contributed by atoms with van der Waals surface area (Å²) in [5, 5.41) is 0. The zero-order chi connectivity index (χ0) is 14.0. The van der Waals surface area contributed by atoms with Crippen LogP contribution in [-0.2, 0) is 5.41 Å². The highest BCUT2D eigenvalue weighted by Crippen LogP contribution is 2.31. The number of benzene rings is 1. The van der Waals surface area contributed by atoms with E-state index in [-0.39, 0.29) is 12.2 Å². The van der Waals surface area contributed by atoms with Crippen LogP contribution in [0.4, 0.5) is 17.6 Å². The standard InChI is InChI=1S/C13H17F4N/c1-12(2,9-3-5-10(14)6-4-9)11(18)7-8-13(15,16)17/h3-6,11H,7-8,18H2,1-2H3. The first-order valence-electron chi connectivity index (χ1n) is 5.71. The van der Waals surface area contributed by atoms with E-state index >= 15 is 0 Å². The van der Waals surface area contributed by atoms with E-state index in [9.17, 15) is 17.6 Å². The van der Waals surface area contributed by atoms with Crippen molar-refractivity contribution in [3.05, 3.63) is 35.6 Å². The van der Waals surface area contributed by atoms with Crippen molar-refractivity contribution in [2.24, 2.45) is 5.73 Å². The lowest BCUT2D eigenvalue weighted by molar-refractivity contribution is -0.136. The summed E-state index contributed by atoms with van der Waals surface area (Å²) in [5.41, 5.74) is 5.94. The quantitative estimate of drug-likeness (QED) is 0.822. The van der Waals surface area contributed by atoms with E-state index in [1.165, 1.54) is 12.1 Å². The molecule has 0 bridgehead atoms. The average Bonchev–Trinajstić information content (AvgIpc) is 2.25. The molecule has 0 amide bonds. The van der Waals surface area contributed by atoms with E-state index in [1.54, 1.807) is 26.0 Å². The Morgan fingerprint density at radius 2 is 1.61 bits per heavy atom. The highest BCUT2D eigenvalue weighted by atomic mass is 19.4. The molecular formula is C13H17F4N. The Morgan fingerprint density at radius 3 is 2.06 bits per heavy atom. The van der Waals surface area contributed by atoms with Crippen molar-refractivity contribution in [3.63, 3.8) is 0 Å². The molecule has 0 aliphatic rings. The van der Waals surface area contributed by atoms with Crippen molar-refractivity contribution in [2.45, 2.75) is 44.3 Å². The van der Waals surface area contributed by atoms with E-state index in [2.05, 4.69) is 0 Å². The second-order valence-corrected chi connectivity index (χ2v) is 4.99. The van der Waals surface area contributed by atoms with Crippen molar-refractivity contribution in [1.82, 2.24) is 0 Å². The molecule has 5 heteroatoms. The number of nitrogens with two attached hydrogens (primary N) is 1. The zero-order valence-electron chi connectivity index (χ0n) is 10.4. The molecule has 1 nitrogen and oxygen atoms in total. The Bertz CT molecular complexity index is 381. The molecule has 0 heterocycles. The van der Waals surface area contributed by atoms with Gasteiger partial charge >= 0.3 is 6.18 Å². The number of rotatable bonds is 4. The van der Waals surface area contributed by atoms with E-state index in [1.807, 2.05) is 0 Å². The molecule has 1 aromatic rings. The lowest BCUT2D eigenvalue weighted by Crippen LogP contribution is -2.41. The molecule has 1 rings (SSSR count). The van der Waals surface area contributed by atoms with E-state index in [4.69, 9.17) is 5.73 Å². The fourth-order valence-electron chi connectivity index (χ4n) is 1.77. The summed E-state index contributed by atoms with van der Waals surface area (Å²) in [6, 6.07) is 5.05. The van der Waals surface area contributed by atoms with Gasteiger partial charge in [0.1, 0.15) is 5.82 Å². The normalized spacial score (nSPS) is 14.6. The second-order valence-electron chi connectivity index (χ2n) is 4.99. The molecule has 0 saturated carbocycles. The highest BCUT2D eigenvalue weighted by molar-refractivity contribution is 5.26. The summed E-state index contributed by atoms with van der Waals surface area (Å²) in [6.45, 7) is 3.53. The fraction of sp³-hybridized carbons (Fsp3) is 0.538. The minimum absolute atomic E-state index is 0.145. The molecule has 1 aromatic carbocycles. The molecule has 1 atom stereocenters. The monoisotopic (exact) mass is 263 g/mol. The van der Waals surface area contributed by atoms with Crippen molar-refractivity contribution in [2.75, 3.05) is 0 Å². The summed E-state index contributed by atoms with van der Waals surface area (Å²) < 4.78 is 49.3. The molecule has 0 saturated heterocycles. The maximum atomic E-state index is 12.8. The molecule has 0 aliphatic heterocycles. The van der Waals surface area contributed by atoms with Crippen molar-refractivity contribution in [1.29, 1.82) is 0 Å². The van der Waals surface area contributed by atoms with Crippen LogP contribution < -0.4 is 5.73 Å². The molecule has 2 N–H and O–H groups in total. The van der Waals surface area contributed by atoms with Crippen molar-refractivity contribution >= 4 is 0 Å². The second kappa shape index (κ2) is 5.26. The average molecular weight is 263 g/mol. The van der Waals surface area contributed by atoms with Gasteiger partial charge in [-0.05, 0) is 24.1 Å². The molecule has 0 radical (unpaired) electrons. The summed E-state index contributed by atoms with van der Waals surface area (Å²) >= 11 is 0. The maximum Gasteiger partial charge on any atom is 0.389 e. The van der Waals surface area contributed by atoms with Gasteiger partial charge in [-0.3, -0.25) is 0 Å². The van der Waals surface area contributed by atoms with Gasteiger partial charge in [0.05, 0.1) is 0 Å². The van der Waals surface area contributed by atoms with Crippen LogP contribution in [0.3, 0.4) is 0 Å². The van der Waals surface area contributed by atoms with E-state index in [0.717, 1.165) is 5.56 Å². The van der Waals surface area contributed by atoms with Gasteiger partial charge in [-0.15, -0.1) is 0 Å². The van der Waals surface area contributed by atoms with Crippen LogP contribution in [0.25, 0.3) is 0 Å². The van der Waals surface area contributed by atoms with Crippen LogP contribution in [0, 0.1) is 5.82 Å². The summed E-state index contributed by atoms with van der Waals surface area (Å²) in [7, 11) is 0. The largest absolute Gasteiger partial charge is 0.389 e. The SMILES string of the molecule is CC(C)(c1ccc(F)cc1)C(N)CCC(F)(F)F. The Morgan fingerprint density at radius 1 is 1.11 bits per heavy atom. The Hall–Kier alpha value is -1.10. The van der Waals surface area contributed by atoms with E-state index < -0.39 is 24.1 Å². The Labute approximate surface area is 104 Å². The van der Waals surface area contributed by atoms with Crippen LogP contribution in [0.15, 0.2) is 24.3 Å². The van der Waals surface area contributed by atoms with Crippen LogP contribution in [0.5, 0.6) is 0 Å². The van der Waals surface area contributed by atoms with Crippen LogP contribution in [0.2, 0.25) is 0 Å². The topological polar surface area (TPSA) is 26.0 Å². The molecule has 0 fully saturated rings. The van der Waals surface area contributed by atoms with E-state index in [0.29, 0.717) is 0 Å². The predicted molar refractivity (Wildman–Crippen MR) is 62.7 cm³/mol. The maximum absolute atomic E-state index is 12.8. The third-order valence-electron chi connectivity index (χ3n) is 3.25. The van der Waals surface area contributed by atoms with Crippen LogP contribution in [0.1, 0.15) is 32.3 Å². The van der Waals surface area contributed by atoms with Crippen LogP contribution in [-0.4, -0.2) is 12.2 Å². The van der Waals surface area contributed by atoms with Gasteiger partial charge in [-0.25, -0.2) is 4.39 Å². The van der Waals surface area contributed by atoms with Gasteiger partial charge in [-0.1, -0.05) is 26.0 Å². The first-order valence-corrected chi connectivity index (χ1v) is 5.71. The van der Waals surface area contributed by atoms with Crippen molar-refractivity contribution < 1.29 is 17.6 Å².